The molecule has 202 valence electrons. The predicted octanol–water partition coefficient (Wildman–Crippen LogP) is 5.18. The van der Waals surface area contributed by atoms with Crippen LogP contribution in [0, 0.1) is 23.3 Å². The standard InChI is InChI=1S/C25H23F4N3O6/c1-25(2,3)38-24(36)31(4)12-15(21-30-9-10-32(21)23(34)35)13-5-7-14(8-6-13)37-22(33)18-19(28)16(26)11-17(27)20(18)29/h5-11,15H,12H2,1-4H3,(H,34,35). The van der Waals surface area contributed by atoms with Crippen LogP contribution in [0.2, 0.25) is 0 Å². The number of carbonyl (C=O) groups is 3. The highest BCUT2D eigenvalue weighted by Gasteiger charge is 2.29. The van der Waals surface area contributed by atoms with Gasteiger partial charge < -0.3 is 19.5 Å². The molecule has 0 fully saturated rings. The number of carboxylic acid groups (broad SMARTS) is 1. The zero-order valence-electron chi connectivity index (χ0n) is 20.7. The molecule has 0 aliphatic rings. The number of ether oxygens (including phenoxy) is 2. The van der Waals surface area contributed by atoms with Gasteiger partial charge in [-0.25, -0.2) is 41.5 Å². The topological polar surface area (TPSA) is 111 Å². The average Bonchev–Trinajstić information content (AvgIpc) is 3.31. The van der Waals surface area contributed by atoms with Crippen molar-refractivity contribution in [1.82, 2.24) is 14.5 Å². The fourth-order valence-electron chi connectivity index (χ4n) is 3.44. The lowest BCUT2D eigenvalue weighted by molar-refractivity contribution is 0.0292. The van der Waals surface area contributed by atoms with Gasteiger partial charge in [-0.15, -0.1) is 0 Å². The Balaban J connectivity index is 1.90. The van der Waals surface area contributed by atoms with Gasteiger partial charge in [0.2, 0.25) is 0 Å². The van der Waals surface area contributed by atoms with Crippen molar-refractivity contribution >= 4 is 18.2 Å². The number of benzene rings is 2. The number of likely N-dealkylation sites (N-methyl/N-ethyl adjacent to an activating group) is 1. The smallest absolute Gasteiger partial charge is 0.417 e. The monoisotopic (exact) mass is 537 g/mol. The lowest BCUT2D eigenvalue weighted by atomic mass is 9.97. The maximum absolute atomic E-state index is 13.9. The molecular formula is C25H23F4N3O6. The van der Waals surface area contributed by atoms with E-state index in [1.54, 1.807) is 20.8 Å². The molecule has 9 nitrogen and oxygen atoms in total. The van der Waals surface area contributed by atoms with E-state index < -0.39 is 58.5 Å². The number of hydrogen-bond acceptors (Lipinski definition) is 6. The van der Waals surface area contributed by atoms with E-state index in [1.807, 2.05) is 0 Å². The SMILES string of the molecule is CN(CC(c1ccc(OC(=O)c2c(F)c(F)cc(F)c2F)cc1)c1nccn1C(=O)O)C(=O)OC(C)(C)C. The van der Waals surface area contributed by atoms with Crippen LogP contribution in [0.5, 0.6) is 5.75 Å². The Morgan fingerprint density at radius 1 is 1.05 bits per heavy atom. The number of halogens is 4. The molecule has 1 atom stereocenters. The fraction of sp³-hybridized carbons (Fsp3) is 0.280. The third kappa shape index (κ3) is 6.28. The first-order valence-corrected chi connectivity index (χ1v) is 11.1. The van der Waals surface area contributed by atoms with Crippen LogP contribution in [0.1, 0.15) is 48.4 Å². The van der Waals surface area contributed by atoms with Gasteiger partial charge in [0.1, 0.15) is 22.7 Å². The van der Waals surface area contributed by atoms with Gasteiger partial charge in [-0.1, -0.05) is 12.1 Å². The van der Waals surface area contributed by atoms with E-state index in [0.717, 1.165) is 4.57 Å². The van der Waals surface area contributed by atoms with Crippen molar-refractivity contribution in [3.63, 3.8) is 0 Å². The minimum Gasteiger partial charge on any atom is -0.464 e. The highest BCUT2D eigenvalue weighted by atomic mass is 19.2. The van der Waals surface area contributed by atoms with Gasteiger partial charge >= 0.3 is 18.2 Å². The molecule has 0 bridgehead atoms. The summed E-state index contributed by atoms with van der Waals surface area (Å²) in [5, 5.41) is 9.53. The van der Waals surface area contributed by atoms with E-state index in [2.05, 4.69) is 4.98 Å². The second-order valence-electron chi connectivity index (χ2n) is 9.15. The number of amides is 1. The van der Waals surface area contributed by atoms with Gasteiger partial charge in [0.15, 0.2) is 23.3 Å². The second-order valence-corrected chi connectivity index (χ2v) is 9.15. The summed E-state index contributed by atoms with van der Waals surface area (Å²) >= 11 is 0. The molecule has 0 aliphatic heterocycles. The summed E-state index contributed by atoms with van der Waals surface area (Å²) < 4.78 is 65.9. The Bertz CT molecular complexity index is 1340. The number of hydrogen-bond donors (Lipinski definition) is 1. The van der Waals surface area contributed by atoms with E-state index in [0.29, 0.717) is 5.56 Å². The highest BCUT2D eigenvalue weighted by Crippen LogP contribution is 2.28. The molecule has 1 amide bonds. The van der Waals surface area contributed by atoms with Crippen molar-refractivity contribution in [2.45, 2.75) is 32.3 Å². The Labute approximate surface area is 214 Å². The van der Waals surface area contributed by atoms with Gasteiger partial charge in [0.05, 0.1) is 5.92 Å². The van der Waals surface area contributed by atoms with Crippen LogP contribution < -0.4 is 4.74 Å². The van der Waals surface area contributed by atoms with Gasteiger partial charge in [0, 0.05) is 32.1 Å². The van der Waals surface area contributed by atoms with Crippen LogP contribution in [0.3, 0.4) is 0 Å². The van der Waals surface area contributed by atoms with Gasteiger partial charge in [-0.2, -0.15) is 0 Å². The van der Waals surface area contributed by atoms with E-state index in [1.165, 1.54) is 48.6 Å². The number of carbonyl (C=O) groups excluding carboxylic acids is 2. The van der Waals surface area contributed by atoms with Crippen LogP contribution in [0.15, 0.2) is 42.7 Å². The fourth-order valence-corrected chi connectivity index (χ4v) is 3.44. The third-order valence-electron chi connectivity index (χ3n) is 5.16. The van der Waals surface area contributed by atoms with E-state index in [-0.39, 0.29) is 24.2 Å². The quantitative estimate of drug-likeness (QED) is 0.200. The molecule has 3 aromatic rings. The van der Waals surface area contributed by atoms with Crippen molar-refractivity contribution in [1.29, 1.82) is 0 Å². The lowest BCUT2D eigenvalue weighted by Crippen LogP contribution is -2.37. The molecule has 0 spiro atoms. The molecule has 38 heavy (non-hydrogen) atoms. The van der Waals surface area contributed by atoms with Crippen LogP contribution in [0.4, 0.5) is 27.2 Å². The van der Waals surface area contributed by atoms with Gasteiger partial charge in [-0.3, -0.25) is 0 Å². The Morgan fingerprint density at radius 3 is 2.16 bits per heavy atom. The van der Waals surface area contributed by atoms with Crippen LogP contribution >= 0.6 is 0 Å². The molecule has 1 unspecified atom stereocenters. The number of imidazole rings is 1. The van der Waals surface area contributed by atoms with Gasteiger partial charge in [0.25, 0.3) is 0 Å². The summed E-state index contributed by atoms with van der Waals surface area (Å²) in [5.74, 6) is -9.99. The second kappa shape index (κ2) is 10.9. The molecule has 0 saturated heterocycles. The first-order valence-electron chi connectivity index (χ1n) is 11.1. The summed E-state index contributed by atoms with van der Waals surface area (Å²) in [4.78, 5) is 41.8. The van der Waals surface area contributed by atoms with E-state index in [9.17, 15) is 37.1 Å². The Morgan fingerprint density at radius 2 is 1.63 bits per heavy atom. The molecule has 1 aromatic heterocycles. The molecular weight excluding hydrogens is 514 g/mol. The van der Waals surface area contributed by atoms with Crippen LogP contribution in [-0.4, -0.2) is 56.9 Å². The van der Waals surface area contributed by atoms with Crippen molar-refractivity contribution < 1.29 is 46.5 Å². The van der Waals surface area contributed by atoms with Crippen molar-refractivity contribution in [3.05, 3.63) is 82.9 Å². The lowest BCUT2D eigenvalue weighted by Gasteiger charge is -2.27. The zero-order valence-corrected chi connectivity index (χ0v) is 20.7. The highest BCUT2D eigenvalue weighted by molar-refractivity contribution is 5.91. The molecule has 1 heterocycles. The first-order chi connectivity index (χ1) is 17.7. The van der Waals surface area contributed by atoms with Gasteiger partial charge in [-0.05, 0) is 38.5 Å². The number of nitrogens with zero attached hydrogens (tertiary/aromatic N) is 3. The summed E-state index contributed by atoms with van der Waals surface area (Å²) in [6.07, 6.45) is 0.490. The number of rotatable bonds is 6. The maximum Gasteiger partial charge on any atom is 0.417 e. The molecule has 13 heteroatoms. The minimum absolute atomic E-state index is 0.0360. The molecule has 3 rings (SSSR count). The summed E-state index contributed by atoms with van der Waals surface area (Å²) in [7, 11) is 1.45. The number of aromatic nitrogens is 2. The molecule has 0 radical (unpaired) electrons. The molecule has 2 aromatic carbocycles. The summed E-state index contributed by atoms with van der Waals surface area (Å²) in [6.45, 7) is 4.98. The van der Waals surface area contributed by atoms with E-state index in [4.69, 9.17) is 9.47 Å². The largest absolute Gasteiger partial charge is 0.464 e. The average molecular weight is 537 g/mol. The first kappa shape index (κ1) is 28.2. The van der Waals surface area contributed by atoms with E-state index >= 15 is 0 Å². The maximum atomic E-state index is 13.9. The Kier molecular flexibility index (Phi) is 8.08. The third-order valence-corrected chi connectivity index (χ3v) is 5.16. The van der Waals surface area contributed by atoms with Crippen LogP contribution in [0.25, 0.3) is 0 Å². The minimum atomic E-state index is -1.91. The van der Waals surface area contributed by atoms with Crippen molar-refractivity contribution in [2.24, 2.45) is 0 Å². The van der Waals surface area contributed by atoms with Crippen LogP contribution in [-0.2, 0) is 4.74 Å². The molecule has 0 aliphatic carbocycles. The molecule has 0 saturated carbocycles. The molecule has 1 N–H and O–H groups in total. The van der Waals surface area contributed by atoms with Crippen molar-refractivity contribution in [2.75, 3.05) is 13.6 Å². The normalized spacial score (nSPS) is 12.1. The number of esters is 1. The predicted molar refractivity (Wildman–Crippen MR) is 124 cm³/mol. The summed E-state index contributed by atoms with van der Waals surface area (Å²) in [5.41, 5.74) is -1.90. The summed E-state index contributed by atoms with van der Waals surface area (Å²) in [6, 6.07) is 5.19. The van der Waals surface area contributed by atoms with Crippen molar-refractivity contribution in [3.8, 4) is 5.75 Å². The Hall–Kier alpha value is -4.42. The zero-order chi connectivity index (χ0) is 28.4.